The first kappa shape index (κ1) is 17.6. The van der Waals surface area contributed by atoms with Crippen molar-refractivity contribution in [1.29, 1.82) is 0 Å². The number of aromatic nitrogens is 3. The normalized spacial score (nSPS) is 13.0. The second kappa shape index (κ2) is 6.79. The van der Waals surface area contributed by atoms with Gasteiger partial charge in [-0.25, -0.2) is 0 Å². The minimum Gasteiger partial charge on any atom is -0.325 e. The topological polar surface area (TPSA) is 59.8 Å². The summed E-state index contributed by atoms with van der Waals surface area (Å²) >= 11 is 6.69. The van der Waals surface area contributed by atoms with Crippen LogP contribution < -0.4 is 5.32 Å². The smallest absolute Gasteiger partial charge is 0.325 e. The van der Waals surface area contributed by atoms with Gasteiger partial charge < -0.3 is 9.88 Å². The fourth-order valence-corrected chi connectivity index (χ4v) is 2.65. The lowest BCUT2D eigenvalue weighted by Crippen LogP contribution is -2.24. The highest BCUT2D eigenvalue weighted by molar-refractivity contribution is 8.00. The van der Waals surface area contributed by atoms with Gasteiger partial charge in [-0.1, -0.05) is 23.4 Å². The summed E-state index contributed by atoms with van der Waals surface area (Å²) in [5, 5.41) is 9.53. The van der Waals surface area contributed by atoms with E-state index in [9.17, 15) is 18.0 Å². The number of benzene rings is 1. The molecule has 124 valence electrons. The lowest BCUT2D eigenvalue weighted by atomic mass is 10.1. The molecule has 2 aromatic rings. The number of nitrogens with one attached hydrogen (secondary N) is 1. The molecule has 1 amide bonds. The van der Waals surface area contributed by atoms with Crippen molar-refractivity contribution in [3.05, 3.63) is 35.1 Å². The van der Waals surface area contributed by atoms with E-state index in [1.54, 1.807) is 18.5 Å². The van der Waals surface area contributed by atoms with Crippen molar-refractivity contribution in [2.45, 2.75) is 23.5 Å². The number of carbonyl (C=O) groups excluding carboxylic acids is 1. The van der Waals surface area contributed by atoms with Crippen LogP contribution in [0.2, 0.25) is 5.02 Å². The second-order valence-electron chi connectivity index (χ2n) is 4.66. The number of thioether (sulfide) groups is 1. The maximum atomic E-state index is 13.0. The molecule has 0 aliphatic rings. The van der Waals surface area contributed by atoms with Gasteiger partial charge in [-0.05, 0) is 25.1 Å². The first-order valence-electron chi connectivity index (χ1n) is 6.36. The van der Waals surface area contributed by atoms with Crippen molar-refractivity contribution in [3.8, 4) is 0 Å². The van der Waals surface area contributed by atoms with Gasteiger partial charge in [-0.3, -0.25) is 4.79 Å². The quantitative estimate of drug-likeness (QED) is 0.842. The molecular formula is C13H12ClF3N4OS. The summed E-state index contributed by atoms with van der Waals surface area (Å²) in [5.74, 6) is -0.578. The maximum absolute atomic E-state index is 13.0. The fraction of sp³-hybridized carbons (Fsp3) is 0.308. The monoisotopic (exact) mass is 364 g/mol. The lowest BCUT2D eigenvalue weighted by molar-refractivity contribution is -0.137. The molecule has 0 unspecified atom stereocenters. The van der Waals surface area contributed by atoms with Crippen LogP contribution in [0.25, 0.3) is 0 Å². The number of anilines is 1. The molecule has 0 fully saturated rings. The van der Waals surface area contributed by atoms with Crippen LogP contribution in [0.5, 0.6) is 0 Å². The highest BCUT2D eigenvalue weighted by Gasteiger charge is 2.34. The highest BCUT2D eigenvalue weighted by atomic mass is 35.5. The molecule has 0 radical (unpaired) electrons. The van der Waals surface area contributed by atoms with Crippen molar-refractivity contribution in [1.82, 2.24) is 14.8 Å². The summed E-state index contributed by atoms with van der Waals surface area (Å²) in [4.78, 5) is 12.1. The number of halogens is 4. The van der Waals surface area contributed by atoms with Crippen LogP contribution in [0.4, 0.5) is 18.9 Å². The molecule has 0 aliphatic carbocycles. The number of hydrogen-bond acceptors (Lipinski definition) is 4. The van der Waals surface area contributed by atoms with Crippen molar-refractivity contribution in [3.63, 3.8) is 0 Å². The number of alkyl halides is 3. The molecule has 1 aromatic heterocycles. The van der Waals surface area contributed by atoms with E-state index < -0.39 is 22.9 Å². The maximum Gasteiger partial charge on any atom is 0.418 e. The molecule has 0 saturated carbocycles. The van der Waals surface area contributed by atoms with Crippen LogP contribution in [0.1, 0.15) is 12.5 Å². The molecule has 10 heteroatoms. The van der Waals surface area contributed by atoms with E-state index in [2.05, 4.69) is 15.5 Å². The Morgan fingerprint density at radius 3 is 2.70 bits per heavy atom. The molecule has 5 nitrogen and oxygen atoms in total. The number of rotatable bonds is 4. The van der Waals surface area contributed by atoms with Crippen molar-refractivity contribution >= 4 is 35.0 Å². The predicted molar refractivity (Wildman–Crippen MR) is 81.4 cm³/mol. The van der Waals surface area contributed by atoms with Crippen LogP contribution in [0.15, 0.2) is 29.7 Å². The Morgan fingerprint density at radius 2 is 2.13 bits per heavy atom. The van der Waals surface area contributed by atoms with E-state index in [0.717, 1.165) is 23.9 Å². The van der Waals surface area contributed by atoms with Crippen LogP contribution in [-0.4, -0.2) is 25.9 Å². The lowest BCUT2D eigenvalue weighted by Gasteiger charge is -2.16. The Labute approximate surface area is 139 Å². The van der Waals surface area contributed by atoms with Crippen LogP contribution in [-0.2, 0) is 18.0 Å². The Balaban J connectivity index is 2.15. The Hall–Kier alpha value is -1.74. The van der Waals surface area contributed by atoms with E-state index in [1.807, 2.05) is 0 Å². The van der Waals surface area contributed by atoms with Crippen molar-refractivity contribution in [2.75, 3.05) is 5.32 Å². The van der Waals surface area contributed by atoms with Gasteiger partial charge >= 0.3 is 6.18 Å². The summed E-state index contributed by atoms with van der Waals surface area (Å²) in [7, 11) is 1.70. The van der Waals surface area contributed by atoms with Gasteiger partial charge in [0.05, 0.1) is 16.5 Å². The summed E-state index contributed by atoms with van der Waals surface area (Å²) < 4.78 is 40.6. The standard InChI is InChI=1S/C13H12ClF3N4OS/c1-7(23-12-20-18-6-21(12)2)11(22)19-10-4-3-8(14)5-9(10)13(15,16)17/h3-7H,1-2H3,(H,19,22)/t7-/m0/s1. The van der Waals surface area contributed by atoms with Gasteiger partial charge in [0, 0.05) is 12.1 Å². The van der Waals surface area contributed by atoms with Gasteiger partial charge in [0.15, 0.2) is 5.16 Å². The molecule has 2 rings (SSSR count). The average molecular weight is 365 g/mol. The number of amides is 1. The van der Waals surface area contributed by atoms with Gasteiger partial charge in [0.2, 0.25) is 5.91 Å². The predicted octanol–water partition coefficient (Wildman–Crippen LogP) is 3.61. The molecule has 0 spiro atoms. The van der Waals surface area contributed by atoms with Crippen molar-refractivity contribution in [2.24, 2.45) is 7.05 Å². The third-order valence-corrected chi connectivity index (χ3v) is 4.25. The second-order valence-corrected chi connectivity index (χ2v) is 6.41. The van der Waals surface area contributed by atoms with Crippen LogP contribution in [0.3, 0.4) is 0 Å². The van der Waals surface area contributed by atoms with E-state index in [-0.39, 0.29) is 10.7 Å². The molecule has 0 bridgehead atoms. The molecule has 0 aliphatic heterocycles. The Bertz CT molecular complexity index is 719. The number of nitrogens with zero attached hydrogens (tertiary/aromatic N) is 3. The fourth-order valence-electron chi connectivity index (χ4n) is 1.69. The van der Waals surface area contributed by atoms with Gasteiger partial charge in [-0.2, -0.15) is 13.2 Å². The van der Waals surface area contributed by atoms with Crippen molar-refractivity contribution < 1.29 is 18.0 Å². The van der Waals surface area contributed by atoms with Gasteiger partial charge in [-0.15, -0.1) is 10.2 Å². The molecule has 23 heavy (non-hydrogen) atoms. The van der Waals surface area contributed by atoms with Gasteiger partial charge in [0.1, 0.15) is 6.33 Å². The summed E-state index contributed by atoms with van der Waals surface area (Å²) in [6.07, 6.45) is -3.15. The molecule has 0 saturated heterocycles. The van der Waals surface area contributed by atoms with E-state index >= 15 is 0 Å². The zero-order valence-electron chi connectivity index (χ0n) is 12.1. The molecule has 1 atom stereocenters. The molecule has 1 N–H and O–H groups in total. The highest BCUT2D eigenvalue weighted by Crippen LogP contribution is 2.36. The average Bonchev–Trinajstić information content (AvgIpc) is 2.85. The first-order valence-corrected chi connectivity index (χ1v) is 7.62. The number of aryl methyl sites for hydroxylation is 1. The summed E-state index contributed by atoms with van der Waals surface area (Å²) in [6.45, 7) is 1.57. The van der Waals surface area contributed by atoms with E-state index in [1.165, 1.54) is 12.4 Å². The van der Waals surface area contributed by atoms with Gasteiger partial charge in [0.25, 0.3) is 0 Å². The largest absolute Gasteiger partial charge is 0.418 e. The minimum absolute atomic E-state index is 0.0585. The Morgan fingerprint density at radius 1 is 1.43 bits per heavy atom. The Kier molecular flexibility index (Phi) is 5.20. The molecular weight excluding hydrogens is 353 g/mol. The summed E-state index contributed by atoms with van der Waals surface area (Å²) in [6, 6.07) is 3.19. The van der Waals surface area contributed by atoms with Crippen LogP contribution in [0, 0.1) is 0 Å². The number of carbonyl (C=O) groups is 1. The third-order valence-electron chi connectivity index (χ3n) is 2.87. The molecule has 1 heterocycles. The first-order chi connectivity index (χ1) is 10.7. The van der Waals surface area contributed by atoms with E-state index in [4.69, 9.17) is 11.6 Å². The minimum atomic E-state index is -4.62. The zero-order chi connectivity index (χ0) is 17.2. The zero-order valence-corrected chi connectivity index (χ0v) is 13.6. The summed E-state index contributed by atoms with van der Waals surface area (Å²) in [5.41, 5.74) is -1.33. The molecule has 1 aromatic carbocycles. The van der Waals surface area contributed by atoms with E-state index in [0.29, 0.717) is 5.16 Å². The third kappa shape index (κ3) is 4.38. The van der Waals surface area contributed by atoms with Crippen LogP contribution >= 0.6 is 23.4 Å². The SMILES string of the molecule is C[C@H](Sc1nncn1C)C(=O)Nc1ccc(Cl)cc1C(F)(F)F. The number of hydrogen-bond donors (Lipinski definition) is 1.